The molecule has 0 radical (unpaired) electrons. The van der Waals surface area contributed by atoms with E-state index in [0.717, 1.165) is 23.4 Å². The van der Waals surface area contributed by atoms with E-state index in [-0.39, 0.29) is 5.38 Å². The van der Waals surface area contributed by atoms with Crippen LogP contribution >= 0.6 is 23.2 Å². The predicted molar refractivity (Wildman–Crippen MR) is 89.3 cm³/mol. The molecule has 108 valence electrons. The number of imidazole rings is 1. The highest BCUT2D eigenvalue weighted by Crippen LogP contribution is 2.27. The molecule has 0 fully saturated rings. The van der Waals surface area contributed by atoms with E-state index in [4.69, 9.17) is 23.2 Å². The molecule has 1 atom stereocenters. The van der Waals surface area contributed by atoms with Crippen molar-refractivity contribution in [3.05, 3.63) is 64.4 Å². The van der Waals surface area contributed by atoms with E-state index in [2.05, 4.69) is 40.7 Å². The maximum absolute atomic E-state index is 6.30. The molecular formula is C17H16Cl2N2. The molecule has 4 heteroatoms. The van der Waals surface area contributed by atoms with E-state index >= 15 is 0 Å². The van der Waals surface area contributed by atoms with Crippen LogP contribution < -0.4 is 0 Å². The van der Waals surface area contributed by atoms with E-state index in [0.29, 0.717) is 5.02 Å². The molecule has 0 aliphatic rings. The molecular weight excluding hydrogens is 303 g/mol. The molecule has 0 spiro atoms. The van der Waals surface area contributed by atoms with Gasteiger partial charge in [-0.05, 0) is 37.6 Å². The lowest BCUT2D eigenvalue weighted by Crippen LogP contribution is -2.06. The Kier molecular flexibility index (Phi) is 3.92. The molecule has 2 nitrogen and oxygen atoms in total. The molecule has 3 aromatic rings. The minimum Gasteiger partial charge on any atom is -0.322 e. The number of fused-ring (bicyclic) bond motifs is 1. The van der Waals surface area contributed by atoms with Crippen molar-refractivity contribution < 1.29 is 0 Å². The summed E-state index contributed by atoms with van der Waals surface area (Å²) in [6, 6.07) is 14.2. The maximum Gasteiger partial charge on any atom is 0.128 e. The van der Waals surface area contributed by atoms with Crippen LogP contribution in [0.4, 0.5) is 0 Å². The fourth-order valence-electron chi connectivity index (χ4n) is 2.58. The van der Waals surface area contributed by atoms with Gasteiger partial charge in [-0.25, -0.2) is 4.98 Å². The lowest BCUT2D eigenvalue weighted by molar-refractivity contribution is 0.742. The summed E-state index contributed by atoms with van der Waals surface area (Å²) < 4.78 is 2.15. The van der Waals surface area contributed by atoms with Crippen LogP contribution in [-0.2, 0) is 6.54 Å². The minimum absolute atomic E-state index is 0.152. The van der Waals surface area contributed by atoms with Gasteiger partial charge in [-0.3, -0.25) is 0 Å². The Labute approximate surface area is 134 Å². The molecule has 0 saturated carbocycles. The Hall–Kier alpha value is -1.51. The normalized spacial score (nSPS) is 12.8. The van der Waals surface area contributed by atoms with Gasteiger partial charge in [-0.2, -0.15) is 0 Å². The summed E-state index contributed by atoms with van der Waals surface area (Å²) in [5.41, 5.74) is 4.42. The summed E-state index contributed by atoms with van der Waals surface area (Å²) >= 11 is 12.4. The topological polar surface area (TPSA) is 17.8 Å². The Balaban J connectivity index is 2.14. The third kappa shape index (κ3) is 2.92. The smallest absolute Gasteiger partial charge is 0.128 e. The van der Waals surface area contributed by atoms with E-state index in [1.807, 2.05) is 25.1 Å². The molecule has 21 heavy (non-hydrogen) atoms. The molecule has 0 saturated heterocycles. The highest BCUT2D eigenvalue weighted by Gasteiger charge is 2.15. The van der Waals surface area contributed by atoms with Gasteiger partial charge in [-0.15, -0.1) is 11.6 Å². The van der Waals surface area contributed by atoms with Crippen LogP contribution in [0.2, 0.25) is 5.02 Å². The van der Waals surface area contributed by atoms with E-state index < -0.39 is 0 Å². The number of aryl methyl sites for hydroxylation is 1. The van der Waals surface area contributed by atoms with Crippen molar-refractivity contribution in [3.8, 4) is 0 Å². The molecule has 0 aliphatic carbocycles. The van der Waals surface area contributed by atoms with Crippen molar-refractivity contribution >= 4 is 34.2 Å². The highest BCUT2D eigenvalue weighted by molar-refractivity contribution is 6.31. The monoisotopic (exact) mass is 318 g/mol. The Morgan fingerprint density at radius 1 is 1.19 bits per heavy atom. The number of hydrogen-bond acceptors (Lipinski definition) is 1. The Morgan fingerprint density at radius 3 is 2.71 bits per heavy atom. The van der Waals surface area contributed by atoms with E-state index in [1.165, 1.54) is 11.1 Å². The second-order valence-electron chi connectivity index (χ2n) is 5.29. The Bertz CT molecular complexity index is 791. The molecule has 0 amide bonds. The fraction of sp³-hybridized carbons (Fsp3) is 0.235. The SMILES string of the molecule is Cc1cccc(Cn2c(C(C)Cl)nc3ccc(Cl)cc32)c1. The van der Waals surface area contributed by atoms with Gasteiger partial charge in [0.05, 0.1) is 16.4 Å². The van der Waals surface area contributed by atoms with Gasteiger partial charge in [0.2, 0.25) is 0 Å². The first kappa shape index (κ1) is 14.4. The summed E-state index contributed by atoms with van der Waals surface area (Å²) in [6.45, 7) is 4.78. The number of halogens is 2. The first-order chi connectivity index (χ1) is 10.0. The van der Waals surface area contributed by atoms with Crippen molar-refractivity contribution in [1.82, 2.24) is 9.55 Å². The predicted octanol–water partition coefficient (Wildman–Crippen LogP) is 5.35. The second kappa shape index (κ2) is 5.70. The van der Waals surface area contributed by atoms with Gasteiger partial charge < -0.3 is 4.57 Å². The van der Waals surface area contributed by atoms with Crippen LogP contribution in [0.3, 0.4) is 0 Å². The number of aromatic nitrogens is 2. The molecule has 0 bridgehead atoms. The van der Waals surface area contributed by atoms with Gasteiger partial charge in [0.15, 0.2) is 0 Å². The molecule has 3 rings (SSSR count). The van der Waals surface area contributed by atoms with Gasteiger partial charge in [0, 0.05) is 11.6 Å². The summed E-state index contributed by atoms with van der Waals surface area (Å²) in [5, 5.41) is 0.558. The average molecular weight is 319 g/mol. The van der Waals surface area contributed by atoms with Gasteiger partial charge in [-0.1, -0.05) is 41.4 Å². The van der Waals surface area contributed by atoms with Gasteiger partial charge in [0.1, 0.15) is 5.82 Å². The lowest BCUT2D eigenvalue weighted by Gasteiger charge is -2.11. The third-order valence-electron chi connectivity index (χ3n) is 3.52. The van der Waals surface area contributed by atoms with Crippen molar-refractivity contribution in [3.63, 3.8) is 0 Å². The summed E-state index contributed by atoms with van der Waals surface area (Å²) in [5.74, 6) is 0.871. The molecule has 1 aromatic heterocycles. The zero-order valence-electron chi connectivity index (χ0n) is 12.0. The number of hydrogen-bond donors (Lipinski definition) is 0. The van der Waals surface area contributed by atoms with Gasteiger partial charge >= 0.3 is 0 Å². The van der Waals surface area contributed by atoms with E-state index in [9.17, 15) is 0 Å². The zero-order valence-corrected chi connectivity index (χ0v) is 13.5. The standard InChI is InChI=1S/C17H16Cl2N2/c1-11-4-3-5-13(8-11)10-21-16-9-14(19)6-7-15(16)20-17(21)12(2)18/h3-9,12H,10H2,1-2H3. The van der Waals surface area contributed by atoms with E-state index in [1.54, 1.807) is 0 Å². The second-order valence-corrected chi connectivity index (χ2v) is 6.39. The number of benzene rings is 2. The zero-order chi connectivity index (χ0) is 15.0. The number of rotatable bonds is 3. The molecule has 1 heterocycles. The first-order valence-electron chi connectivity index (χ1n) is 6.90. The molecule has 0 N–H and O–H groups in total. The summed E-state index contributed by atoms with van der Waals surface area (Å²) in [6.07, 6.45) is 0. The number of nitrogens with zero attached hydrogens (tertiary/aromatic N) is 2. The minimum atomic E-state index is -0.152. The van der Waals surface area contributed by atoms with Crippen molar-refractivity contribution in [2.45, 2.75) is 25.8 Å². The maximum atomic E-state index is 6.30. The van der Waals surface area contributed by atoms with Crippen LogP contribution in [0.15, 0.2) is 42.5 Å². The quantitative estimate of drug-likeness (QED) is 0.595. The third-order valence-corrected chi connectivity index (χ3v) is 3.95. The molecule has 2 aromatic carbocycles. The van der Waals surface area contributed by atoms with Crippen molar-refractivity contribution in [2.24, 2.45) is 0 Å². The largest absolute Gasteiger partial charge is 0.322 e. The van der Waals surface area contributed by atoms with Crippen molar-refractivity contribution in [2.75, 3.05) is 0 Å². The fourth-order valence-corrected chi connectivity index (χ4v) is 2.91. The lowest BCUT2D eigenvalue weighted by atomic mass is 10.1. The first-order valence-corrected chi connectivity index (χ1v) is 7.71. The van der Waals surface area contributed by atoms with Gasteiger partial charge in [0.25, 0.3) is 0 Å². The van der Waals surface area contributed by atoms with Crippen LogP contribution in [0.1, 0.15) is 29.3 Å². The highest BCUT2D eigenvalue weighted by atomic mass is 35.5. The Morgan fingerprint density at radius 2 is 2.00 bits per heavy atom. The number of alkyl halides is 1. The molecule has 0 aliphatic heterocycles. The van der Waals surface area contributed by atoms with Crippen molar-refractivity contribution in [1.29, 1.82) is 0 Å². The van der Waals surface area contributed by atoms with Crippen LogP contribution in [0.25, 0.3) is 11.0 Å². The van der Waals surface area contributed by atoms with Crippen LogP contribution in [-0.4, -0.2) is 9.55 Å². The average Bonchev–Trinajstić information content (AvgIpc) is 2.77. The van der Waals surface area contributed by atoms with Crippen LogP contribution in [0, 0.1) is 6.92 Å². The van der Waals surface area contributed by atoms with Crippen LogP contribution in [0.5, 0.6) is 0 Å². The summed E-state index contributed by atoms with van der Waals surface area (Å²) in [4.78, 5) is 4.64. The summed E-state index contributed by atoms with van der Waals surface area (Å²) in [7, 11) is 0. The molecule has 1 unspecified atom stereocenters.